The molecule has 1 aromatic heterocycles. The van der Waals surface area contributed by atoms with Crippen LogP contribution in [0.5, 0.6) is 5.75 Å². The minimum absolute atomic E-state index is 0.159. The zero-order valence-electron chi connectivity index (χ0n) is 15.4. The molecule has 1 N–H and O–H groups in total. The number of anilines is 1. The number of sulfonamides is 1. The molecule has 1 atom stereocenters. The normalized spacial score (nSPS) is 18.1. The molecule has 0 aliphatic carbocycles. The number of aryl methyl sites for hydroxylation is 1. The van der Waals surface area contributed by atoms with Gasteiger partial charge in [-0.2, -0.15) is 4.31 Å². The zero-order valence-corrected chi connectivity index (χ0v) is 16.2. The maximum absolute atomic E-state index is 12.9. The van der Waals surface area contributed by atoms with Gasteiger partial charge in [-0.3, -0.25) is 4.79 Å². The van der Waals surface area contributed by atoms with Gasteiger partial charge in [-0.05, 0) is 56.2 Å². The van der Waals surface area contributed by atoms with Crippen LogP contribution in [0.2, 0.25) is 0 Å². The molecule has 8 heteroatoms. The maximum Gasteiger partial charge on any atom is 0.243 e. The fourth-order valence-electron chi connectivity index (χ4n) is 3.11. The van der Waals surface area contributed by atoms with E-state index < -0.39 is 15.9 Å². The number of aromatic nitrogens is 1. The minimum atomic E-state index is -3.65. The van der Waals surface area contributed by atoms with Crippen LogP contribution in [0, 0.1) is 12.8 Å². The number of nitrogens with one attached hydrogen (secondary N) is 1. The number of hydrogen-bond acceptors (Lipinski definition) is 5. The van der Waals surface area contributed by atoms with Gasteiger partial charge in [0, 0.05) is 18.8 Å². The average Bonchev–Trinajstić information content (AvgIpc) is 2.68. The molecule has 1 aliphatic heterocycles. The van der Waals surface area contributed by atoms with Gasteiger partial charge < -0.3 is 10.1 Å². The Kier molecular flexibility index (Phi) is 5.76. The van der Waals surface area contributed by atoms with Crippen LogP contribution in [-0.2, 0) is 14.8 Å². The van der Waals surface area contributed by atoms with E-state index in [2.05, 4.69) is 10.3 Å². The van der Waals surface area contributed by atoms with Gasteiger partial charge in [-0.25, -0.2) is 13.4 Å². The van der Waals surface area contributed by atoms with Gasteiger partial charge in [-0.15, -0.1) is 0 Å². The summed E-state index contributed by atoms with van der Waals surface area (Å²) in [7, 11) is -2.12. The molecule has 0 radical (unpaired) electrons. The molecule has 1 fully saturated rings. The Balaban J connectivity index is 1.71. The van der Waals surface area contributed by atoms with Crippen molar-refractivity contribution >= 4 is 21.7 Å². The number of carbonyl (C=O) groups excluding carboxylic acids is 1. The fraction of sp³-hybridized carbons (Fsp3) is 0.368. The van der Waals surface area contributed by atoms with Crippen LogP contribution in [0.25, 0.3) is 0 Å². The first-order valence-corrected chi connectivity index (χ1v) is 10.2. The van der Waals surface area contributed by atoms with Crippen LogP contribution in [0.15, 0.2) is 47.4 Å². The molecule has 27 heavy (non-hydrogen) atoms. The predicted molar refractivity (Wildman–Crippen MR) is 102 cm³/mol. The molecule has 1 amide bonds. The second-order valence-corrected chi connectivity index (χ2v) is 8.47. The Morgan fingerprint density at radius 1 is 1.22 bits per heavy atom. The van der Waals surface area contributed by atoms with Gasteiger partial charge in [0.05, 0.1) is 17.9 Å². The van der Waals surface area contributed by atoms with Crippen LogP contribution in [0.4, 0.5) is 5.82 Å². The second kappa shape index (κ2) is 8.06. The van der Waals surface area contributed by atoms with Crippen molar-refractivity contribution in [1.82, 2.24) is 9.29 Å². The SMILES string of the molecule is COc1ccc(S(=O)(=O)N2CCC[C@H](C(=O)Nc3cccc(C)n3)C2)cc1. The molecule has 1 aromatic carbocycles. The third-order valence-corrected chi connectivity index (χ3v) is 6.47. The summed E-state index contributed by atoms with van der Waals surface area (Å²) < 4.78 is 32.3. The number of rotatable bonds is 5. The van der Waals surface area contributed by atoms with Crippen LogP contribution < -0.4 is 10.1 Å². The molecule has 1 aliphatic rings. The van der Waals surface area contributed by atoms with E-state index in [0.29, 0.717) is 31.0 Å². The number of benzene rings is 1. The van der Waals surface area contributed by atoms with E-state index in [4.69, 9.17) is 4.74 Å². The van der Waals surface area contributed by atoms with Crippen LogP contribution in [-0.4, -0.2) is 43.8 Å². The molecule has 2 heterocycles. The third-order valence-electron chi connectivity index (χ3n) is 4.59. The number of ether oxygens (including phenoxy) is 1. The molecule has 1 saturated heterocycles. The first-order valence-electron chi connectivity index (χ1n) is 8.79. The number of nitrogens with zero attached hydrogens (tertiary/aromatic N) is 2. The highest BCUT2D eigenvalue weighted by atomic mass is 32.2. The Morgan fingerprint density at radius 3 is 2.63 bits per heavy atom. The van der Waals surface area contributed by atoms with Gasteiger partial charge in [0.25, 0.3) is 0 Å². The first kappa shape index (κ1) is 19.3. The molecule has 0 unspecified atom stereocenters. The maximum atomic E-state index is 12.9. The van der Waals surface area contributed by atoms with E-state index in [0.717, 1.165) is 5.69 Å². The van der Waals surface area contributed by atoms with E-state index in [-0.39, 0.29) is 17.3 Å². The van der Waals surface area contributed by atoms with Gasteiger partial charge in [0.2, 0.25) is 15.9 Å². The predicted octanol–water partition coefficient (Wildman–Crippen LogP) is 2.44. The number of amides is 1. The smallest absolute Gasteiger partial charge is 0.243 e. The minimum Gasteiger partial charge on any atom is -0.497 e. The highest BCUT2D eigenvalue weighted by Crippen LogP contribution is 2.25. The molecule has 0 saturated carbocycles. The lowest BCUT2D eigenvalue weighted by atomic mass is 9.99. The van der Waals surface area contributed by atoms with Gasteiger partial charge in [0.1, 0.15) is 11.6 Å². The summed E-state index contributed by atoms with van der Waals surface area (Å²) in [5, 5.41) is 2.79. The van der Waals surface area contributed by atoms with Crippen molar-refractivity contribution in [2.45, 2.75) is 24.7 Å². The Bertz CT molecular complexity index is 913. The van der Waals surface area contributed by atoms with Crippen molar-refractivity contribution in [3.63, 3.8) is 0 Å². The molecular formula is C19H23N3O4S. The Morgan fingerprint density at radius 2 is 1.96 bits per heavy atom. The summed E-state index contributed by atoms with van der Waals surface area (Å²) in [5.41, 5.74) is 0.806. The quantitative estimate of drug-likeness (QED) is 0.848. The van der Waals surface area contributed by atoms with Crippen molar-refractivity contribution in [3.05, 3.63) is 48.2 Å². The average molecular weight is 389 g/mol. The monoisotopic (exact) mass is 389 g/mol. The Hall–Kier alpha value is -2.45. The summed E-state index contributed by atoms with van der Waals surface area (Å²) in [6.07, 6.45) is 1.28. The third kappa shape index (κ3) is 4.45. The number of hydrogen-bond donors (Lipinski definition) is 1. The summed E-state index contributed by atoms with van der Waals surface area (Å²) in [4.78, 5) is 17.0. The highest BCUT2D eigenvalue weighted by molar-refractivity contribution is 7.89. The molecule has 2 aromatic rings. The van der Waals surface area contributed by atoms with E-state index in [1.165, 1.54) is 23.5 Å². The van der Waals surface area contributed by atoms with Crippen molar-refractivity contribution in [2.24, 2.45) is 5.92 Å². The van der Waals surface area contributed by atoms with Gasteiger partial charge >= 0.3 is 0 Å². The lowest BCUT2D eigenvalue weighted by Gasteiger charge is -2.31. The largest absolute Gasteiger partial charge is 0.497 e. The molecule has 0 bridgehead atoms. The highest BCUT2D eigenvalue weighted by Gasteiger charge is 2.33. The molecule has 3 rings (SSSR count). The van der Waals surface area contributed by atoms with E-state index in [9.17, 15) is 13.2 Å². The van der Waals surface area contributed by atoms with Gasteiger partial charge in [-0.1, -0.05) is 6.07 Å². The lowest BCUT2D eigenvalue weighted by Crippen LogP contribution is -2.43. The number of carbonyl (C=O) groups is 1. The summed E-state index contributed by atoms with van der Waals surface area (Å²) in [6, 6.07) is 11.7. The Labute approximate surface area is 159 Å². The summed E-state index contributed by atoms with van der Waals surface area (Å²) in [6.45, 7) is 2.41. The molecular weight excluding hydrogens is 366 g/mol. The number of pyridine rings is 1. The number of methoxy groups -OCH3 is 1. The summed E-state index contributed by atoms with van der Waals surface area (Å²) in [5.74, 6) is 0.461. The standard InChI is InChI=1S/C19H23N3O4S/c1-14-5-3-7-18(20-14)21-19(23)15-6-4-12-22(13-15)27(24,25)17-10-8-16(26-2)9-11-17/h3,5,7-11,15H,4,6,12-13H2,1-2H3,(H,20,21,23)/t15-/m0/s1. The van der Waals surface area contributed by atoms with E-state index in [1.54, 1.807) is 18.2 Å². The number of piperidine rings is 1. The first-order chi connectivity index (χ1) is 12.9. The van der Waals surface area contributed by atoms with Crippen molar-refractivity contribution in [3.8, 4) is 5.75 Å². The summed E-state index contributed by atoms with van der Waals surface area (Å²) >= 11 is 0. The fourth-order valence-corrected chi connectivity index (χ4v) is 4.64. The molecule has 7 nitrogen and oxygen atoms in total. The second-order valence-electron chi connectivity index (χ2n) is 6.53. The molecule has 0 spiro atoms. The van der Waals surface area contributed by atoms with E-state index in [1.807, 2.05) is 19.1 Å². The molecule has 144 valence electrons. The van der Waals surface area contributed by atoms with Crippen LogP contribution >= 0.6 is 0 Å². The topological polar surface area (TPSA) is 88.6 Å². The van der Waals surface area contributed by atoms with Crippen molar-refractivity contribution in [1.29, 1.82) is 0 Å². The van der Waals surface area contributed by atoms with Crippen molar-refractivity contribution in [2.75, 3.05) is 25.5 Å². The van der Waals surface area contributed by atoms with Gasteiger partial charge in [0.15, 0.2) is 0 Å². The van der Waals surface area contributed by atoms with Crippen molar-refractivity contribution < 1.29 is 17.9 Å². The van der Waals surface area contributed by atoms with Crippen LogP contribution in [0.3, 0.4) is 0 Å². The van der Waals surface area contributed by atoms with Crippen LogP contribution in [0.1, 0.15) is 18.5 Å². The lowest BCUT2D eigenvalue weighted by molar-refractivity contribution is -0.120. The zero-order chi connectivity index (χ0) is 19.4. The van der Waals surface area contributed by atoms with E-state index >= 15 is 0 Å².